The summed E-state index contributed by atoms with van der Waals surface area (Å²) in [5.41, 5.74) is 6.95. The SMILES string of the molecule is COc1cc(N2CCC(N3CCN(C)CC3)CC2)ccc1Nc1ncc(Cl)c(NC2CCCCC2P(C)(C)=O)n1.COc1cc(N2CCN(C(C)C)CC2)ccc1Nc1nc(Nc2ccccc2P(C)(C)=O)c2cn[nH]c2n1.COc1cc(P(C)(C)=O)ccc1Nc1ncc(Cl)c(Nc2ccccc2C(=O)c2ccccc2)n1.CP(C)(=O)c1ccc(Nc2ncc(C(F)(F)F)c(Nc3ccc([N+](=O)[O-])cc3)n2)cc1. The van der Waals surface area contributed by atoms with Crippen LogP contribution in [0.5, 0.6) is 17.2 Å². The van der Waals surface area contributed by atoms with Crippen LogP contribution in [0.4, 0.5) is 117 Å². The molecule has 4 fully saturated rings. The highest BCUT2D eigenvalue weighted by molar-refractivity contribution is 7.71. The molecule has 2 atom stereocenters. The molecule has 8 aromatic carbocycles. The average Bonchev–Trinajstić information content (AvgIpc) is 1.43. The lowest BCUT2D eigenvalue weighted by molar-refractivity contribution is -0.384. The highest BCUT2D eigenvalue weighted by Gasteiger charge is 2.38. The van der Waals surface area contributed by atoms with E-state index in [0.717, 1.165) is 116 Å². The molecular formula is C101H121Cl2F3N24O10P4. The van der Waals surface area contributed by atoms with E-state index in [1.165, 1.54) is 70.1 Å². The largest absolute Gasteiger partial charge is 0.495 e. The van der Waals surface area contributed by atoms with Crippen LogP contribution in [0.2, 0.25) is 10.0 Å². The van der Waals surface area contributed by atoms with E-state index in [9.17, 15) is 46.3 Å². The Morgan fingerprint density at radius 2 is 0.993 bits per heavy atom. The standard InChI is InChI=1S/C29H45ClN7O2P.C27H35N8O2P.C26H24ClN4O3P.C19H17F3N5O3P/c1-35-15-17-37(18-16-35)21-11-13-36(14-12-21)22-9-10-24(26(19-22)39-2)33-29-31-20-23(30)28(34-29)32-25-7-5-6-8-27(25)40(3,4)38;1-18(2)34-12-14-35(15-13-34)19-10-11-21(23(16-19)37-3)30-27-31-25(20-17-28-33-26(20)32-27)29-22-8-6-7-9-24(22)38(4,5)36;1-34-23-15-18(35(2,3)33)13-14-22(23)30-26-28-16-20(27)25(31-26)29-21-12-8-7-11-19(21)24(32)17-9-5-4-6-10-17;1-31(2,30)15-9-5-13(6-10-15)25-18-23-11-16(19(20,21)22)17(26-18)24-12-3-7-14(8-4-12)27(28)29/h9-10,19-21,25,27H,5-8,11-18H2,1-4H3,(H2,31,32,33,34);6-11,16-18H,12-15H2,1-5H3,(H3,28,29,30,31,32,33);4-16H,1-3H3,(H2,28,29,30,31);3-11H,1-2H3,(H2,23,24,25,26). The van der Waals surface area contributed by atoms with E-state index in [0.29, 0.717) is 109 Å². The maximum Gasteiger partial charge on any atom is 0.421 e. The first kappa shape index (κ1) is 107. The second-order valence-electron chi connectivity index (χ2n) is 37.2. The normalized spacial score (nSPS) is 15.7. The number of halogens is 5. The fraction of sp³-hybridized carbons (Fsp3) is 0.347. The number of nitrogens with zero attached hydrogens (tertiary/aromatic N) is 15. The van der Waals surface area contributed by atoms with Crippen LogP contribution in [0.1, 0.15) is 73.9 Å². The number of non-ortho nitro benzene ring substituents is 1. The molecule has 34 nitrogen and oxygen atoms in total. The van der Waals surface area contributed by atoms with Crippen molar-refractivity contribution in [3.63, 3.8) is 0 Å². The monoisotopic (exact) mass is 2080 g/mol. The lowest BCUT2D eigenvalue weighted by Gasteiger charge is -2.42. The van der Waals surface area contributed by atoms with Crippen molar-refractivity contribution in [1.82, 2.24) is 64.8 Å². The summed E-state index contributed by atoms with van der Waals surface area (Å²) >= 11 is 12.9. The number of nitro benzene ring substituents is 1. The first-order valence-electron chi connectivity index (χ1n) is 47.0. The molecule has 17 rings (SSSR count). The molecule has 8 heterocycles. The number of ether oxygens (including phenoxy) is 3. The van der Waals surface area contributed by atoms with Gasteiger partial charge in [-0.1, -0.05) is 90.6 Å². The van der Waals surface area contributed by atoms with E-state index < -0.39 is 51.0 Å². The van der Waals surface area contributed by atoms with Crippen LogP contribution in [-0.2, 0) is 24.4 Å². The molecule has 760 valence electrons. The predicted molar refractivity (Wildman–Crippen MR) is 577 cm³/mol. The molecule has 3 aliphatic heterocycles. The minimum absolute atomic E-state index is 0.0871. The Morgan fingerprint density at radius 1 is 0.493 bits per heavy atom. The molecule has 13 aromatic rings. The van der Waals surface area contributed by atoms with Crippen molar-refractivity contribution in [3.8, 4) is 17.2 Å². The molecule has 0 amide bonds. The van der Waals surface area contributed by atoms with Gasteiger partial charge < -0.3 is 89.7 Å². The van der Waals surface area contributed by atoms with Crippen molar-refractivity contribution >= 4 is 188 Å². The number of aromatic nitrogens is 10. The third kappa shape index (κ3) is 28.2. The number of alkyl halides is 3. The number of likely N-dealkylation sites (N-methyl/N-ethyl adjacent to an activating group) is 1. The average molecular weight is 2080 g/mol. The van der Waals surface area contributed by atoms with E-state index in [1.807, 2.05) is 74.0 Å². The smallest absolute Gasteiger partial charge is 0.421 e. The lowest BCUT2D eigenvalue weighted by atomic mass is 9.95. The van der Waals surface area contributed by atoms with Gasteiger partial charge in [0.1, 0.15) is 65.9 Å². The van der Waals surface area contributed by atoms with E-state index >= 15 is 0 Å². The molecule has 43 heteroatoms. The second-order valence-corrected chi connectivity index (χ2v) is 51.1. The number of nitro groups is 1. The van der Waals surface area contributed by atoms with Crippen LogP contribution < -0.4 is 82.5 Å². The van der Waals surface area contributed by atoms with Gasteiger partial charge in [-0.2, -0.15) is 43.2 Å². The van der Waals surface area contributed by atoms with Crippen molar-refractivity contribution in [2.45, 2.75) is 82.3 Å². The second kappa shape index (κ2) is 47.4. The first-order chi connectivity index (χ1) is 68.6. The van der Waals surface area contributed by atoms with E-state index in [4.69, 9.17) is 47.4 Å². The van der Waals surface area contributed by atoms with Gasteiger partial charge in [0.15, 0.2) is 23.1 Å². The summed E-state index contributed by atoms with van der Waals surface area (Å²) in [5.74, 6) is 3.80. The number of ketones is 1. The molecule has 2 unspecified atom stereocenters. The van der Waals surface area contributed by atoms with Gasteiger partial charge in [0.25, 0.3) is 5.69 Å². The summed E-state index contributed by atoms with van der Waals surface area (Å²) in [4.78, 5) is 70.5. The van der Waals surface area contributed by atoms with Crippen molar-refractivity contribution < 1.29 is 55.4 Å². The molecule has 9 N–H and O–H groups in total. The fourth-order valence-electron chi connectivity index (χ4n) is 17.3. The highest BCUT2D eigenvalue weighted by atomic mass is 35.5. The van der Waals surface area contributed by atoms with Crippen molar-refractivity contribution in [2.24, 2.45) is 0 Å². The van der Waals surface area contributed by atoms with E-state index in [1.54, 1.807) is 139 Å². The van der Waals surface area contributed by atoms with Crippen molar-refractivity contribution in [1.29, 1.82) is 0 Å². The molecule has 1 aliphatic carbocycles. The number of piperazine rings is 2. The van der Waals surface area contributed by atoms with Gasteiger partial charge in [-0.15, -0.1) is 0 Å². The van der Waals surface area contributed by atoms with Gasteiger partial charge in [-0.25, -0.2) is 15.0 Å². The minimum Gasteiger partial charge on any atom is -0.495 e. The molecule has 0 radical (unpaired) electrons. The number of H-pyrrole nitrogens is 1. The number of methoxy groups -OCH3 is 3. The van der Waals surface area contributed by atoms with E-state index in [2.05, 4.69) is 152 Å². The van der Waals surface area contributed by atoms with Crippen LogP contribution in [0.3, 0.4) is 0 Å². The Labute approximate surface area is 846 Å². The Morgan fingerprint density at radius 3 is 1.58 bits per heavy atom. The maximum absolute atomic E-state index is 13.4. The number of fused-ring (bicyclic) bond motifs is 1. The number of rotatable bonds is 30. The number of carbonyl (C=O) groups excluding carboxylic acids is 1. The number of hydrogen-bond donors (Lipinski definition) is 9. The quantitative estimate of drug-likeness (QED) is 0.00873. The van der Waals surface area contributed by atoms with Crippen molar-refractivity contribution in [2.75, 3.05) is 199 Å². The Kier molecular flexibility index (Phi) is 35.2. The van der Waals surface area contributed by atoms with Crippen LogP contribution in [-0.4, -0.2) is 246 Å². The highest BCUT2D eigenvalue weighted by Crippen LogP contribution is 2.51. The van der Waals surface area contributed by atoms with Gasteiger partial charge in [0, 0.05) is 169 Å². The summed E-state index contributed by atoms with van der Waals surface area (Å²) in [6, 6.07) is 54.3. The van der Waals surface area contributed by atoms with Crippen LogP contribution in [0.15, 0.2) is 207 Å². The molecule has 1 saturated carbocycles. The molecule has 4 aliphatic rings. The number of anilines is 17. The van der Waals surface area contributed by atoms with Gasteiger partial charge in [-0.05, 0) is 203 Å². The lowest BCUT2D eigenvalue weighted by Crippen LogP contribution is -2.52. The molecular weight excluding hydrogens is 1960 g/mol. The van der Waals surface area contributed by atoms with Crippen LogP contribution in [0.25, 0.3) is 11.0 Å². The van der Waals surface area contributed by atoms with Gasteiger partial charge in [-0.3, -0.25) is 29.8 Å². The third-order valence-electron chi connectivity index (χ3n) is 25.2. The molecule has 144 heavy (non-hydrogen) atoms. The summed E-state index contributed by atoms with van der Waals surface area (Å²) in [6.45, 7) is 29.3. The minimum atomic E-state index is -4.72. The summed E-state index contributed by atoms with van der Waals surface area (Å²) in [6.07, 6.45) is 7.21. The number of carbonyl (C=O) groups is 1. The summed E-state index contributed by atoms with van der Waals surface area (Å²) in [5, 5.41) is 46.5. The topological polar surface area (TPSA) is 400 Å². The molecule has 5 aromatic heterocycles. The third-order valence-corrected chi connectivity index (χ3v) is 32.6. The summed E-state index contributed by atoms with van der Waals surface area (Å²) < 4.78 is 107. The predicted octanol–water partition coefficient (Wildman–Crippen LogP) is 21.3. The zero-order chi connectivity index (χ0) is 103. The Bertz CT molecular complexity index is 6860. The van der Waals surface area contributed by atoms with Crippen LogP contribution >= 0.6 is 51.8 Å². The zero-order valence-corrected chi connectivity index (χ0v) is 87.8. The van der Waals surface area contributed by atoms with Crippen LogP contribution in [0, 0.1) is 10.1 Å². The number of hydrogen-bond acceptors (Lipinski definition) is 32. The maximum atomic E-state index is 13.4. The Hall–Kier alpha value is -12.8. The Balaban J connectivity index is 0.000000153. The molecule has 3 saturated heterocycles. The van der Waals surface area contributed by atoms with Gasteiger partial charge in [0.2, 0.25) is 23.8 Å². The number of nitrogens with one attached hydrogen (secondary N) is 9. The number of benzene rings is 8. The molecule has 0 bridgehead atoms. The summed E-state index contributed by atoms with van der Waals surface area (Å²) in [7, 11) is -2.53. The van der Waals surface area contributed by atoms with Gasteiger partial charge >= 0.3 is 6.18 Å². The zero-order valence-electron chi connectivity index (χ0n) is 82.7. The fourth-order valence-corrected chi connectivity index (χ4v) is 22.3. The number of piperidine rings is 1. The first-order valence-corrected chi connectivity index (χ1v) is 58.3. The van der Waals surface area contributed by atoms with Crippen molar-refractivity contribution in [3.05, 3.63) is 244 Å². The van der Waals surface area contributed by atoms with E-state index in [-0.39, 0.29) is 45.8 Å². The van der Waals surface area contributed by atoms with Gasteiger partial charge in [0.05, 0.1) is 85.8 Å². The number of aromatic amines is 1. The number of para-hydroxylation sites is 2. The molecule has 0 spiro atoms.